The van der Waals surface area contributed by atoms with E-state index in [0.29, 0.717) is 38.6 Å². The number of hydrogen-bond acceptors (Lipinski definition) is 7. The van der Waals surface area contributed by atoms with Gasteiger partial charge >= 0.3 is 5.97 Å². The van der Waals surface area contributed by atoms with Crippen molar-refractivity contribution in [1.29, 1.82) is 0 Å². The van der Waals surface area contributed by atoms with Crippen LogP contribution in [0.25, 0.3) is 22.7 Å². The fraction of sp³-hybridized carbons (Fsp3) is 0.154. The van der Waals surface area contributed by atoms with E-state index in [1.54, 1.807) is 43.9 Å². The highest BCUT2D eigenvalue weighted by atomic mass is 79.9. The van der Waals surface area contributed by atoms with Crippen LogP contribution in [0.5, 0.6) is 11.5 Å². The Morgan fingerprint density at radius 2 is 1.71 bits per heavy atom. The maximum Gasteiger partial charge on any atom is 0.338 e. The number of thiazole rings is 1. The summed E-state index contributed by atoms with van der Waals surface area (Å²) in [5.41, 5.74) is 4.82. The molecule has 0 saturated heterocycles. The number of rotatable bonds is 9. The maximum atomic E-state index is 14.6. The number of para-hydroxylation sites is 1. The fourth-order valence-electron chi connectivity index (χ4n) is 6.24. The zero-order valence-corrected chi connectivity index (χ0v) is 29.5. The summed E-state index contributed by atoms with van der Waals surface area (Å²) in [5, 5.41) is 1.02. The van der Waals surface area contributed by atoms with Crippen molar-refractivity contribution in [2.75, 3.05) is 20.8 Å². The summed E-state index contributed by atoms with van der Waals surface area (Å²) in [7, 11) is 3.13. The van der Waals surface area contributed by atoms with Crippen molar-refractivity contribution in [1.82, 2.24) is 9.13 Å². The number of fused-ring (bicyclic) bond motifs is 2. The van der Waals surface area contributed by atoms with Crippen LogP contribution in [0.4, 0.5) is 0 Å². The number of aromatic nitrogens is 2. The van der Waals surface area contributed by atoms with E-state index in [1.807, 2.05) is 60.7 Å². The minimum atomic E-state index is -0.906. The normalized spacial score (nSPS) is 14.4. The molecular weight excluding hydrogens is 702 g/mol. The smallest absolute Gasteiger partial charge is 0.338 e. The first-order chi connectivity index (χ1) is 23.9. The number of halogens is 1. The molecule has 1 unspecified atom stereocenters. The Bertz CT molecular complexity index is 2410. The van der Waals surface area contributed by atoms with Crippen molar-refractivity contribution >= 4 is 55.9 Å². The summed E-state index contributed by atoms with van der Waals surface area (Å²) in [6, 6.07) is 30.3. The zero-order valence-electron chi connectivity index (χ0n) is 27.1. The number of hydrogen-bond donors (Lipinski definition) is 0. The summed E-state index contributed by atoms with van der Waals surface area (Å²) >= 11 is 4.80. The minimum absolute atomic E-state index is 0.154. The molecule has 1 aliphatic rings. The molecule has 0 amide bonds. The summed E-state index contributed by atoms with van der Waals surface area (Å²) in [4.78, 5) is 34.0. The fourth-order valence-corrected chi connectivity index (χ4v) is 7.49. The highest BCUT2D eigenvalue weighted by Gasteiger charge is 2.37. The molecule has 0 bridgehead atoms. The van der Waals surface area contributed by atoms with Gasteiger partial charge in [-0.15, -0.1) is 0 Å². The lowest BCUT2D eigenvalue weighted by molar-refractivity contribution is -0.138. The van der Waals surface area contributed by atoms with E-state index in [9.17, 15) is 9.59 Å². The Labute approximate surface area is 295 Å². The van der Waals surface area contributed by atoms with Crippen molar-refractivity contribution in [3.8, 4) is 11.5 Å². The molecule has 3 heterocycles. The molecule has 0 saturated carbocycles. The van der Waals surface area contributed by atoms with Crippen LogP contribution in [0.2, 0.25) is 0 Å². The molecule has 8 nitrogen and oxygen atoms in total. The van der Waals surface area contributed by atoms with Crippen molar-refractivity contribution in [2.45, 2.75) is 19.5 Å². The Morgan fingerprint density at radius 3 is 2.45 bits per heavy atom. The van der Waals surface area contributed by atoms with Crippen molar-refractivity contribution in [3.63, 3.8) is 0 Å². The second kappa shape index (κ2) is 13.7. The number of carbonyl (C=O) groups is 1. The van der Waals surface area contributed by atoms with Gasteiger partial charge < -0.3 is 18.8 Å². The van der Waals surface area contributed by atoms with Crippen LogP contribution in [0.15, 0.2) is 123 Å². The molecular formula is C39H32BrN3O5S. The maximum absolute atomic E-state index is 14.6. The molecule has 1 atom stereocenters. The van der Waals surface area contributed by atoms with E-state index in [-0.39, 0.29) is 17.7 Å². The topological polar surface area (TPSA) is 84.1 Å². The monoisotopic (exact) mass is 733 g/mol. The number of benzene rings is 4. The van der Waals surface area contributed by atoms with Gasteiger partial charge in [-0.05, 0) is 55.0 Å². The van der Waals surface area contributed by atoms with Crippen molar-refractivity contribution in [3.05, 3.63) is 155 Å². The van der Waals surface area contributed by atoms with Gasteiger partial charge in [0.05, 0.1) is 36.6 Å². The Morgan fingerprint density at radius 1 is 0.959 bits per heavy atom. The predicted molar refractivity (Wildman–Crippen MR) is 196 cm³/mol. The molecule has 6 aromatic rings. The number of methoxy groups -OCH3 is 2. The lowest BCUT2D eigenvalue weighted by Gasteiger charge is -2.27. The molecule has 49 heavy (non-hydrogen) atoms. The van der Waals surface area contributed by atoms with Crippen LogP contribution in [0.3, 0.4) is 0 Å². The first kappa shape index (κ1) is 32.4. The van der Waals surface area contributed by atoms with Gasteiger partial charge in [0.15, 0.2) is 4.80 Å². The lowest BCUT2D eigenvalue weighted by Crippen LogP contribution is -2.40. The SMILES string of the molecule is CCOC(=O)C1=C(c2ccccc2)N=c2s/c(=C\c3cn(Cc4ccc(Br)cc4)c4ccccc34)c(=O)n2C1c1cc(OC)ccc1OC. The number of ether oxygens (including phenoxy) is 3. The molecule has 2 aromatic heterocycles. The Hall–Kier alpha value is -5.19. The first-order valence-electron chi connectivity index (χ1n) is 15.7. The van der Waals surface area contributed by atoms with Gasteiger partial charge in [0.2, 0.25) is 0 Å². The second-order valence-corrected chi connectivity index (χ2v) is 13.3. The van der Waals surface area contributed by atoms with Crippen LogP contribution < -0.4 is 24.4 Å². The molecule has 0 fully saturated rings. The molecule has 0 radical (unpaired) electrons. The summed E-state index contributed by atoms with van der Waals surface area (Å²) in [6.45, 7) is 2.58. The minimum Gasteiger partial charge on any atom is -0.497 e. The van der Waals surface area contributed by atoms with Crippen LogP contribution in [0.1, 0.15) is 35.2 Å². The standard InChI is InChI=1S/C39H32BrN3O5S/c1-4-48-38(45)34-35(25-10-6-5-7-11-25)41-39-43(36(34)30-21-28(46-2)18-19-32(30)47-3)37(44)33(49-39)20-26-23-42(31-13-9-8-12-29(26)31)22-24-14-16-27(40)17-15-24/h5-21,23,36H,4,22H2,1-3H3/b33-20-. The van der Waals surface area contributed by atoms with Gasteiger partial charge in [-0.1, -0.05) is 87.9 Å². The molecule has 4 aromatic carbocycles. The Kier molecular flexibility index (Phi) is 9.07. The lowest BCUT2D eigenvalue weighted by atomic mass is 9.92. The zero-order chi connectivity index (χ0) is 34.1. The van der Waals surface area contributed by atoms with Gasteiger partial charge in [-0.25, -0.2) is 9.79 Å². The van der Waals surface area contributed by atoms with Gasteiger partial charge in [-0.2, -0.15) is 0 Å². The predicted octanol–water partition coefficient (Wildman–Crippen LogP) is 6.72. The Balaban J connectivity index is 1.48. The molecule has 1 aliphatic heterocycles. The summed E-state index contributed by atoms with van der Waals surface area (Å²) < 4.78 is 22.3. The van der Waals surface area contributed by atoms with E-state index in [1.165, 1.54) is 11.3 Å². The van der Waals surface area contributed by atoms with Gasteiger partial charge in [-0.3, -0.25) is 9.36 Å². The van der Waals surface area contributed by atoms with Crippen molar-refractivity contribution < 1.29 is 19.0 Å². The average molecular weight is 735 g/mol. The van der Waals surface area contributed by atoms with E-state index in [0.717, 1.165) is 32.1 Å². The van der Waals surface area contributed by atoms with Crippen LogP contribution in [0, 0.1) is 0 Å². The average Bonchev–Trinajstić information content (AvgIpc) is 3.64. The third kappa shape index (κ3) is 6.13. The van der Waals surface area contributed by atoms with Crippen molar-refractivity contribution in [2.24, 2.45) is 4.99 Å². The van der Waals surface area contributed by atoms with Crippen LogP contribution >= 0.6 is 27.3 Å². The highest BCUT2D eigenvalue weighted by Crippen LogP contribution is 2.40. The number of carbonyl (C=O) groups excluding carboxylic acids is 1. The van der Waals surface area contributed by atoms with Gasteiger partial charge in [0.1, 0.15) is 17.5 Å². The molecule has 0 aliphatic carbocycles. The van der Waals surface area contributed by atoms with E-state index in [4.69, 9.17) is 19.2 Å². The van der Waals surface area contributed by atoms with Gasteiger partial charge in [0, 0.05) is 44.8 Å². The third-order valence-corrected chi connectivity index (χ3v) is 9.99. The molecule has 10 heteroatoms. The second-order valence-electron chi connectivity index (χ2n) is 11.4. The van der Waals surface area contributed by atoms with E-state index < -0.39 is 12.0 Å². The third-order valence-electron chi connectivity index (χ3n) is 8.48. The number of nitrogens with zero attached hydrogens (tertiary/aromatic N) is 3. The molecule has 0 spiro atoms. The molecule has 7 rings (SSSR count). The highest BCUT2D eigenvalue weighted by molar-refractivity contribution is 9.10. The summed E-state index contributed by atoms with van der Waals surface area (Å²) in [6.07, 6.45) is 3.99. The first-order valence-corrected chi connectivity index (χ1v) is 17.3. The quantitative estimate of drug-likeness (QED) is 0.154. The molecule has 0 N–H and O–H groups in total. The summed E-state index contributed by atoms with van der Waals surface area (Å²) in [5.74, 6) is 0.482. The van der Waals surface area contributed by atoms with E-state index in [2.05, 4.69) is 51.0 Å². The van der Waals surface area contributed by atoms with Crippen LogP contribution in [-0.2, 0) is 16.1 Å². The molecule has 246 valence electrons. The number of esters is 1. The largest absolute Gasteiger partial charge is 0.497 e. The van der Waals surface area contributed by atoms with Gasteiger partial charge in [0.25, 0.3) is 5.56 Å². The van der Waals surface area contributed by atoms with E-state index >= 15 is 0 Å². The van der Waals surface area contributed by atoms with Crippen LogP contribution in [-0.4, -0.2) is 35.9 Å².